The number of benzene rings is 1. The number of aryl methyl sites for hydroxylation is 1. The van der Waals surface area contributed by atoms with Gasteiger partial charge in [0.25, 0.3) is 0 Å². The van der Waals surface area contributed by atoms with Crippen LogP contribution in [-0.4, -0.2) is 10.9 Å². The third-order valence-corrected chi connectivity index (χ3v) is 2.51. The van der Waals surface area contributed by atoms with Gasteiger partial charge in [-0.05, 0) is 17.5 Å². The standard InChI is InChI=1S/C13H18O2/c1-10(2)13(15)8-7-11-3-5-12(9-14)6-4-11/h3-6,10,14H,7-9H2,1-2H3. The highest BCUT2D eigenvalue weighted by Crippen LogP contribution is 2.09. The van der Waals surface area contributed by atoms with Crippen LogP contribution in [0.15, 0.2) is 24.3 Å². The maximum atomic E-state index is 11.4. The van der Waals surface area contributed by atoms with E-state index in [0.29, 0.717) is 12.2 Å². The Morgan fingerprint density at radius 2 is 1.73 bits per heavy atom. The number of Topliss-reactive ketones (excluding diaryl/α,β-unsaturated/α-hetero) is 1. The first-order valence-corrected chi connectivity index (χ1v) is 5.35. The largest absolute Gasteiger partial charge is 0.392 e. The van der Waals surface area contributed by atoms with Crippen molar-refractivity contribution in [3.63, 3.8) is 0 Å². The number of aliphatic hydroxyl groups excluding tert-OH is 1. The molecule has 0 atom stereocenters. The van der Waals surface area contributed by atoms with Gasteiger partial charge in [0.2, 0.25) is 0 Å². The van der Waals surface area contributed by atoms with Crippen LogP contribution in [0, 0.1) is 5.92 Å². The summed E-state index contributed by atoms with van der Waals surface area (Å²) in [5.74, 6) is 0.433. The van der Waals surface area contributed by atoms with E-state index in [1.807, 2.05) is 38.1 Å². The van der Waals surface area contributed by atoms with Crippen molar-refractivity contribution in [2.75, 3.05) is 0 Å². The summed E-state index contributed by atoms with van der Waals surface area (Å²) in [5.41, 5.74) is 2.06. The summed E-state index contributed by atoms with van der Waals surface area (Å²) in [6, 6.07) is 7.74. The predicted octanol–water partition coefficient (Wildman–Crippen LogP) is 2.34. The number of carbonyl (C=O) groups excluding carboxylic acids is 1. The lowest BCUT2D eigenvalue weighted by molar-refractivity contribution is -0.121. The zero-order valence-electron chi connectivity index (χ0n) is 9.36. The number of hydrogen-bond acceptors (Lipinski definition) is 2. The molecule has 0 aliphatic carbocycles. The van der Waals surface area contributed by atoms with Crippen molar-refractivity contribution in [3.8, 4) is 0 Å². The molecule has 2 heteroatoms. The van der Waals surface area contributed by atoms with Gasteiger partial charge in [-0.1, -0.05) is 38.1 Å². The molecule has 0 radical (unpaired) electrons. The molecule has 1 aromatic carbocycles. The molecule has 82 valence electrons. The second kappa shape index (κ2) is 5.66. The molecule has 0 bridgehead atoms. The molecule has 1 N–H and O–H groups in total. The van der Waals surface area contributed by atoms with Crippen molar-refractivity contribution < 1.29 is 9.90 Å². The Labute approximate surface area is 90.9 Å². The molecular formula is C13H18O2. The zero-order valence-corrected chi connectivity index (χ0v) is 9.36. The van der Waals surface area contributed by atoms with Crippen molar-refractivity contribution in [3.05, 3.63) is 35.4 Å². The van der Waals surface area contributed by atoms with Gasteiger partial charge < -0.3 is 5.11 Å². The summed E-state index contributed by atoms with van der Waals surface area (Å²) in [6.45, 7) is 3.93. The van der Waals surface area contributed by atoms with E-state index < -0.39 is 0 Å². The SMILES string of the molecule is CC(C)C(=O)CCc1ccc(CO)cc1. The number of ketones is 1. The third-order valence-electron chi connectivity index (χ3n) is 2.51. The average molecular weight is 206 g/mol. The Balaban J connectivity index is 2.47. The molecule has 0 aliphatic heterocycles. The quantitative estimate of drug-likeness (QED) is 0.802. The van der Waals surface area contributed by atoms with E-state index in [4.69, 9.17) is 5.11 Å². The fraction of sp³-hybridized carbons (Fsp3) is 0.462. The molecular weight excluding hydrogens is 188 g/mol. The highest BCUT2D eigenvalue weighted by Gasteiger charge is 2.06. The first-order valence-electron chi connectivity index (χ1n) is 5.35. The van der Waals surface area contributed by atoms with Gasteiger partial charge in [-0.2, -0.15) is 0 Å². The topological polar surface area (TPSA) is 37.3 Å². The lowest BCUT2D eigenvalue weighted by atomic mass is 10.0. The molecule has 0 heterocycles. The maximum Gasteiger partial charge on any atom is 0.135 e. The van der Waals surface area contributed by atoms with E-state index in [-0.39, 0.29) is 12.5 Å². The van der Waals surface area contributed by atoms with Crippen LogP contribution in [0.1, 0.15) is 31.4 Å². The van der Waals surface area contributed by atoms with Crippen LogP contribution in [0.3, 0.4) is 0 Å². The minimum absolute atomic E-state index is 0.0746. The first-order chi connectivity index (χ1) is 7.13. The predicted molar refractivity (Wildman–Crippen MR) is 60.5 cm³/mol. The molecule has 0 aliphatic rings. The van der Waals surface area contributed by atoms with E-state index in [9.17, 15) is 4.79 Å². The van der Waals surface area contributed by atoms with Crippen molar-refractivity contribution in [1.29, 1.82) is 0 Å². The average Bonchev–Trinajstić information content (AvgIpc) is 2.26. The van der Waals surface area contributed by atoms with Gasteiger partial charge in [0.15, 0.2) is 0 Å². The Hall–Kier alpha value is -1.15. The molecule has 0 saturated carbocycles. The molecule has 0 unspecified atom stereocenters. The highest BCUT2D eigenvalue weighted by atomic mass is 16.3. The number of hydrogen-bond donors (Lipinski definition) is 1. The monoisotopic (exact) mass is 206 g/mol. The van der Waals surface area contributed by atoms with E-state index in [2.05, 4.69) is 0 Å². The minimum atomic E-state index is 0.0746. The van der Waals surface area contributed by atoms with Crippen LogP contribution >= 0.6 is 0 Å². The number of aliphatic hydroxyl groups is 1. The normalized spacial score (nSPS) is 10.7. The van der Waals surface area contributed by atoms with Gasteiger partial charge in [-0.3, -0.25) is 4.79 Å². The molecule has 0 amide bonds. The number of carbonyl (C=O) groups is 1. The lowest BCUT2D eigenvalue weighted by Gasteiger charge is -2.04. The van der Waals surface area contributed by atoms with Gasteiger partial charge in [-0.15, -0.1) is 0 Å². The van der Waals surface area contributed by atoms with Crippen molar-refractivity contribution in [2.45, 2.75) is 33.3 Å². The summed E-state index contributed by atoms with van der Waals surface area (Å²) in [6.07, 6.45) is 1.40. The fourth-order valence-electron chi connectivity index (χ4n) is 1.37. The van der Waals surface area contributed by atoms with E-state index >= 15 is 0 Å². The molecule has 0 spiro atoms. The minimum Gasteiger partial charge on any atom is -0.392 e. The first kappa shape index (κ1) is 11.9. The van der Waals surface area contributed by atoms with Crippen molar-refractivity contribution in [1.82, 2.24) is 0 Å². The third kappa shape index (κ3) is 3.84. The Kier molecular flexibility index (Phi) is 4.50. The van der Waals surface area contributed by atoms with Crippen LogP contribution in [0.5, 0.6) is 0 Å². The van der Waals surface area contributed by atoms with Crippen molar-refractivity contribution >= 4 is 5.78 Å². The van der Waals surface area contributed by atoms with Crippen molar-refractivity contribution in [2.24, 2.45) is 5.92 Å². The lowest BCUT2D eigenvalue weighted by Crippen LogP contribution is -2.07. The van der Waals surface area contributed by atoms with E-state index in [0.717, 1.165) is 17.5 Å². The van der Waals surface area contributed by atoms with E-state index in [1.165, 1.54) is 0 Å². The summed E-state index contributed by atoms with van der Waals surface area (Å²) >= 11 is 0. The molecule has 1 rings (SSSR count). The Bertz CT molecular complexity index is 312. The zero-order chi connectivity index (χ0) is 11.3. The highest BCUT2D eigenvalue weighted by molar-refractivity contribution is 5.80. The summed E-state index contributed by atoms with van der Waals surface area (Å²) < 4.78 is 0. The van der Waals surface area contributed by atoms with Crippen LogP contribution in [0.2, 0.25) is 0 Å². The second-order valence-corrected chi connectivity index (χ2v) is 4.10. The molecule has 2 nitrogen and oxygen atoms in total. The van der Waals surface area contributed by atoms with Crippen LogP contribution in [0.4, 0.5) is 0 Å². The van der Waals surface area contributed by atoms with Crippen LogP contribution in [0.25, 0.3) is 0 Å². The van der Waals surface area contributed by atoms with Gasteiger partial charge in [0, 0.05) is 12.3 Å². The number of rotatable bonds is 5. The Morgan fingerprint density at radius 1 is 1.20 bits per heavy atom. The molecule has 0 aromatic heterocycles. The summed E-state index contributed by atoms with van der Waals surface area (Å²) in [7, 11) is 0. The molecule has 1 aromatic rings. The van der Waals surface area contributed by atoms with Crippen LogP contribution < -0.4 is 0 Å². The smallest absolute Gasteiger partial charge is 0.135 e. The second-order valence-electron chi connectivity index (χ2n) is 4.10. The van der Waals surface area contributed by atoms with Gasteiger partial charge in [0.05, 0.1) is 6.61 Å². The fourth-order valence-corrected chi connectivity index (χ4v) is 1.37. The molecule has 15 heavy (non-hydrogen) atoms. The Morgan fingerprint density at radius 3 is 2.20 bits per heavy atom. The molecule has 0 fully saturated rings. The summed E-state index contributed by atoms with van der Waals surface area (Å²) in [5, 5.41) is 8.87. The van der Waals surface area contributed by atoms with Gasteiger partial charge in [-0.25, -0.2) is 0 Å². The molecule has 0 saturated heterocycles. The van der Waals surface area contributed by atoms with Crippen LogP contribution in [-0.2, 0) is 17.8 Å². The van der Waals surface area contributed by atoms with Gasteiger partial charge >= 0.3 is 0 Å². The maximum absolute atomic E-state index is 11.4. The van der Waals surface area contributed by atoms with Gasteiger partial charge in [0.1, 0.15) is 5.78 Å². The van der Waals surface area contributed by atoms with E-state index in [1.54, 1.807) is 0 Å². The summed E-state index contributed by atoms with van der Waals surface area (Å²) in [4.78, 5) is 11.4.